The number of phenolic OH excluding ortho intramolecular Hbond substituents is 1. The Morgan fingerprint density at radius 3 is 2.77 bits per heavy atom. The molecule has 1 aliphatic rings. The van der Waals surface area contributed by atoms with Crippen LogP contribution in [0.5, 0.6) is 11.5 Å². The third-order valence-electron chi connectivity index (χ3n) is 5.17. The lowest BCUT2D eigenvalue weighted by Gasteiger charge is -2.33. The number of piperidine rings is 1. The molecule has 2 aromatic rings. The van der Waals surface area contributed by atoms with Gasteiger partial charge in [-0.25, -0.2) is 0 Å². The molecule has 0 unspecified atom stereocenters. The Morgan fingerprint density at radius 1 is 1.19 bits per heavy atom. The Balaban J connectivity index is 1.49. The van der Waals surface area contributed by atoms with Gasteiger partial charge in [0.05, 0.1) is 0 Å². The number of hydrogen-bond acceptors (Lipinski definition) is 3. The van der Waals surface area contributed by atoms with Gasteiger partial charge >= 0.3 is 0 Å². The van der Waals surface area contributed by atoms with Gasteiger partial charge in [0.25, 0.3) is 5.91 Å². The number of rotatable bonds is 6. The summed E-state index contributed by atoms with van der Waals surface area (Å²) in [6.45, 7) is 3.73. The van der Waals surface area contributed by atoms with Crippen molar-refractivity contribution in [3.05, 3.63) is 59.7 Å². The topological polar surface area (TPSA) is 49.8 Å². The van der Waals surface area contributed by atoms with Crippen LogP contribution < -0.4 is 4.74 Å². The van der Waals surface area contributed by atoms with Crippen molar-refractivity contribution >= 4 is 5.91 Å². The molecule has 0 radical (unpaired) electrons. The van der Waals surface area contributed by atoms with Crippen LogP contribution in [0.1, 0.15) is 30.4 Å². The summed E-state index contributed by atoms with van der Waals surface area (Å²) < 4.78 is 5.49. The van der Waals surface area contributed by atoms with Crippen LogP contribution in [-0.2, 0) is 11.2 Å². The van der Waals surface area contributed by atoms with Gasteiger partial charge in [-0.3, -0.25) is 4.79 Å². The molecular weight excluding hydrogens is 326 g/mol. The second-order valence-electron chi connectivity index (χ2n) is 7.07. The van der Waals surface area contributed by atoms with Gasteiger partial charge in [-0.05, 0) is 61.8 Å². The number of para-hydroxylation sites is 2. The van der Waals surface area contributed by atoms with Crippen LogP contribution in [0.2, 0.25) is 0 Å². The molecule has 1 aliphatic heterocycles. The maximum absolute atomic E-state index is 12.5. The number of phenols is 1. The van der Waals surface area contributed by atoms with Gasteiger partial charge in [-0.2, -0.15) is 0 Å². The predicted molar refractivity (Wildman–Crippen MR) is 102 cm³/mol. The fourth-order valence-electron chi connectivity index (χ4n) is 3.59. The molecule has 1 atom stereocenters. The number of likely N-dealkylation sites (tertiary alicyclic amines) is 1. The van der Waals surface area contributed by atoms with Crippen molar-refractivity contribution in [2.75, 3.05) is 19.7 Å². The molecule has 1 saturated heterocycles. The second-order valence-corrected chi connectivity index (χ2v) is 7.07. The van der Waals surface area contributed by atoms with E-state index < -0.39 is 0 Å². The SMILES string of the molecule is Cc1ccccc1CC[C@H]1CCCN(C(=O)COc2ccccc2O)C1. The summed E-state index contributed by atoms with van der Waals surface area (Å²) in [5.41, 5.74) is 2.74. The molecular formula is C22H27NO3. The van der Waals surface area contributed by atoms with E-state index in [9.17, 15) is 9.90 Å². The van der Waals surface area contributed by atoms with Gasteiger partial charge in [0.1, 0.15) is 0 Å². The summed E-state index contributed by atoms with van der Waals surface area (Å²) in [4.78, 5) is 14.4. The van der Waals surface area contributed by atoms with E-state index >= 15 is 0 Å². The van der Waals surface area contributed by atoms with Crippen molar-refractivity contribution in [1.29, 1.82) is 0 Å². The van der Waals surface area contributed by atoms with Crippen LogP contribution >= 0.6 is 0 Å². The number of benzene rings is 2. The van der Waals surface area contributed by atoms with E-state index in [4.69, 9.17) is 4.74 Å². The number of aryl methyl sites for hydroxylation is 2. The summed E-state index contributed by atoms with van der Waals surface area (Å²) in [5, 5.41) is 9.73. The largest absolute Gasteiger partial charge is 0.504 e. The molecule has 3 rings (SSSR count). The molecule has 1 heterocycles. The quantitative estimate of drug-likeness (QED) is 0.855. The predicted octanol–water partition coefficient (Wildman–Crippen LogP) is 3.95. The third kappa shape index (κ3) is 4.78. The Hall–Kier alpha value is -2.49. The lowest BCUT2D eigenvalue weighted by molar-refractivity contribution is -0.135. The first-order valence-corrected chi connectivity index (χ1v) is 9.36. The van der Waals surface area contributed by atoms with E-state index in [0.717, 1.165) is 32.4 Å². The molecule has 0 aromatic heterocycles. The normalized spacial score (nSPS) is 17.1. The minimum Gasteiger partial charge on any atom is -0.504 e. The highest BCUT2D eigenvalue weighted by atomic mass is 16.5. The zero-order valence-electron chi connectivity index (χ0n) is 15.4. The Kier molecular flexibility index (Phi) is 6.16. The number of amides is 1. The van der Waals surface area contributed by atoms with Crippen molar-refractivity contribution in [2.24, 2.45) is 5.92 Å². The van der Waals surface area contributed by atoms with Gasteiger partial charge in [0, 0.05) is 13.1 Å². The standard InChI is InChI=1S/C22H27NO3/c1-17-7-2-3-9-19(17)13-12-18-8-6-14-23(15-18)22(25)16-26-21-11-5-4-10-20(21)24/h2-5,7,9-11,18,24H,6,8,12-16H2,1H3/t18-/m1/s1. The van der Waals surface area contributed by atoms with Crippen LogP contribution in [0, 0.1) is 12.8 Å². The summed E-state index contributed by atoms with van der Waals surface area (Å²) in [6.07, 6.45) is 4.39. The molecule has 0 spiro atoms. The fourth-order valence-corrected chi connectivity index (χ4v) is 3.59. The second kappa shape index (κ2) is 8.75. The maximum atomic E-state index is 12.5. The van der Waals surface area contributed by atoms with Gasteiger partial charge in [-0.1, -0.05) is 36.4 Å². The number of carbonyl (C=O) groups is 1. The highest BCUT2D eigenvalue weighted by Gasteiger charge is 2.24. The molecule has 0 saturated carbocycles. The fraction of sp³-hybridized carbons (Fsp3) is 0.409. The number of ether oxygens (including phenoxy) is 1. The molecule has 1 amide bonds. The van der Waals surface area contributed by atoms with E-state index in [1.807, 2.05) is 4.90 Å². The van der Waals surface area contributed by atoms with Gasteiger partial charge in [0.2, 0.25) is 0 Å². The van der Waals surface area contributed by atoms with Crippen LogP contribution in [0.15, 0.2) is 48.5 Å². The molecule has 26 heavy (non-hydrogen) atoms. The molecule has 1 N–H and O–H groups in total. The molecule has 4 nitrogen and oxygen atoms in total. The zero-order valence-corrected chi connectivity index (χ0v) is 15.4. The average Bonchev–Trinajstić information content (AvgIpc) is 2.67. The Bertz CT molecular complexity index is 744. The lowest BCUT2D eigenvalue weighted by atomic mass is 9.90. The van der Waals surface area contributed by atoms with Crippen LogP contribution in [0.25, 0.3) is 0 Å². The number of nitrogens with zero attached hydrogens (tertiary/aromatic N) is 1. The summed E-state index contributed by atoms with van der Waals surface area (Å²) >= 11 is 0. The highest BCUT2D eigenvalue weighted by Crippen LogP contribution is 2.25. The van der Waals surface area contributed by atoms with E-state index in [2.05, 4.69) is 31.2 Å². The number of hydrogen-bond donors (Lipinski definition) is 1. The molecule has 2 aromatic carbocycles. The molecule has 0 aliphatic carbocycles. The van der Waals surface area contributed by atoms with Crippen LogP contribution in [0.4, 0.5) is 0 Å². The van der Waals surface area contributed by atoms with E-state index in [1.165, 1.54) is 17.5 Å². The lowest BCUT2D eigenvalue weighted by Crippen LogP contribution is -2.42. The summed E-state index contributed by atoms with van der Waals surface area (Å²) in [7, 11) is 0. The molecule has 138 valence electrons. The van der Waals surface area contributed by atoms with Crippen molar-refractivity contribution < 1.29 is 14.6 Å². The van der Waals surface area contributed by atoms with Crippen molar-refractivity contribution in [3.63, 3.8) is 0 Å². The number of carbonyl (C=O) groups excluding carboxylic acids is 1. The highest BCUT2D eigenvalue weighted by molar-refractivity contribution is 5.78. The van der Waals surface area contributed by atoms with E-state index in [1.54, 1.807) is 24.3 Å². The smallest absolute Gasteiger partial charge is 0.260 e. The minimum atomic E-state index is -0.0257. The van der Waals surface area contributed by atoms with Crippen molar-refractivity contribution in [1.82, 2.24) is 4.90 Å². The maximum Gasteiger partial charge on any atom is 0.260 e. The minimum absolute atomic E-state index is 0.00570. The summed E-state index contributed by atoms with van der Waals surface area (Å²) in [6, 6.07) is 15.3. The first-order chi connectivity index (χ1) is 12.6. The summed E-state index contributed by atoms with van der Waals surface area (Å²) in [5.74, 6) is 0.954. The van der Waals surface area contributed by atoms with Crippen LogP contribution in [-0.4, -0.2) is 35.6 Å². The van der Waals surface area contributed by atoms with E-state index in [-0.39, 0.29) is 18.3 Å². The molecule has 4 heteroatoms. The average molecular weight is 353 g/mol. The van der Waals surface area contributed by atoms with Gasteiger partial charge in [0.15, 0.2) is 18.1 Å². The van der Waals surface area contributed by atoms with Gasteiger partial charge < -0.3 is 14.7 Å². The van der Waals surface area contributed by atoms with E-state index in [0.29, 0.717) is 11.7 Å². The molecule has 0 bridgehead atoms. The third-order valence-corrected chi connectivity index (χ3v) is 5.17. The monoisotopic (exact) mass is 353 g/mol. The first kappa shape index (κ1) is 18.3. The Labute approximate surface area is 155 Å². The zero-order chi connectivity index (χ0) is 18.4. The molecule has 1 fully saturated rings. The van der Waals surface area contributed by atoms with Crippen LogP contribution in [0.3, 0.4) is 0 Å². The van der Waals surface area contributed by atoms with Crippen molar-refractivity contribution in [3.8, 4) is 11.5 Å². The first-order valence-electron chi connectivity index (χ1n) is 9.36. The van der Waals surface area contributed by atoms with Gasteiger partial charge in [-0.15, -0.1) is 0 Å². The number of aromatic hydroxyl groups is 1. The van der Waals surface area contributed by atoms with Crippen molar-refractivity contribution in [2.45, 2.75) is 32.6 Å². The Morgan fingerprint density at radius 2 is 1.96 bits per heavy atom.